The van der Waals surface area contributed by atoms with Crippen LogP contribution in [0.25, 0.3) is 0 Å². The van der Waals surface area contributed by atoms with Crippen LogP contribution < -0.4 is 21.3 Å². The van der Waals surface area contributed by atoms with Gasteiger partial charge in [-0.15, -0.1) is 0 Å². The number of benzene rings is 1. The molecule has 30 heavy (non-hydrogen) atoms. The molecule has 0 bridgehead atoms. The van der Waals surface area contributed by atoms with Crippen LogP contribution in [0.3, 0.4) is 0 Å². The summed E-state index contributed by atoms with van der Waals surface area (Å²) in [7, 11) is 0. The van der Waals surface area contributed by atoms with E-state index >= 15 is 0 Å². The van der Waals surface area contributed by atoms with Crippen molar-refractivity contribution < 1.29 is 29.6 Å². The molecule has 1 aliphatic rings. The number of carboxylic acid groups (broad SMARTS) is 1. The number of nitrogens with one attached hydrogen (secondary N) is 2. The molecule has 4 atom stereocenters. The molecular weight excluding hydrogens is 398 g/mol. The molecule has 0 unspecified atom stereocenters. The van der Waals surface area contributed by atoms with Crippen LogP contribution in [-0.2, 0) is 4.79 Å². The zero-order chi connectivity index (χ0) is 21.8. The van der Waals surface area contributed by atoms with Crippen LogP contribution in [0, 0.1) is 0 Å². The number of hydrogen-bond donors (Lipinski definition) is 5. The summed E-state index contributed by atoms with van der Waals surface area (Å²) in [5.74, 6) is -1.32. The molecule has 1 amide bonds. The molecule has 11 nitrogen and oxygen atoms in total. The van der Waals surface area contributed by atoms with Gasteiger partial charge in [0, 0.05) is 17.8 Å². The van der Waals surface area contributed by atoms with E-state index in [9.17, 15) is 29.4 Å². The zero-order valence-electron chi connectivity index (χ0n) is 15.7. The summed E-state index contributed by atoms with van der Waals surface area (Å²) in [6.07, 6.45) is -0.824. The predicted molar refractivity (Wildman–Crippen MR) is 102 cm³/mol. The lowest BCUT2D eigenvalue weighted by molar-refractivity contribution is -0.139. The molecule has 0 spiro atoms. The number of aromatic nitrogens is 2. The van der Waals surface area contributed by atoms with Crippen LogP contribution >= 0.6 is 0 Å². The average Bonchev–Trinajstić information content (AvgIpc) is 2.71. The summed E-state index contributed by atoms with van der Waals surface area (Å²) in [4.78, 5) is 48.2. The SMILES string of the molecule is O=C(O)COc1ccc(C(=O)N[C@@H]2CC[C@@H](n3ccc(=O)[nH]c3=O)[C@@H](O)[C@@H]2O)cc1. The average molecular weight is 419 g/mol. The minimum Gasteiger partial charge on any atom is -0.482 e. The van der Waals surface area contributed by atoms with Crippen molar-refractivity contribution in [2.24, 2.45) is 0 Å². The Hall–Kier alpha value is -3.44. The number of H-pyrrole nitrogens is 1. The maximum absolute atomic E-state index is 12.5. The normalized spacial score (nSPS) is 23.5. The van der Waals surface area contributed by atoms with E-state index in [0.717, 1.165) is 10.6 Å². The van der Waals surface area contributed by atoms with Gasteiger partial charge in [0.25, 0.3) is 11.5 Å². The van der Waals surface area contributed by atoms with Crippen LogP contribution in [0.5, 0.6) is 5.75 Å². The summed E-state index contributed by atoms with van der Waals surface area (Å²) < 4.78 is 6.16. The highest BCUT2D eigenvalue weighted by Gasteiger charge is 2.39. The van der Waals surface area contributed by atoms with Gasteiger partial charge in [0.2, 0.25) is 0 Å². The topological polar surface area (TPSA) is 171 Å². The number of carbonyl (C=O) groups is 2. The number of amides is 1. The molecule has 1 heterocycles. The van der Waals surface area contributed by atoms with Gasteiger partial charge in [-0.3, -0.25) is 19.1 Å². The van der Waals surface area contributed by atoms with E-state index in [2.05, 4.69) is 10.3 Å². The van der Waals surface area contributed by atoms with E-state index in [1.807, 2.05) is 0 Å². The first-order chi connectivity index (χ1) is 14.3. The molecular formula is C19H21N3O8. The van der Waals surface area contributed by atoms with Crippen LogP contribution in [0.15, 0.2) is 46.1 Å². The lowest BCUT2D eigenvalue weighted by atomic mass is 9.85. The lowest BCUT2D eigenvalue weighted by Gasteiger charge is -2.38. The molecule has 1 aromatic heterocycles. The van der Waals surface area contributed by atoms with Crippen molar-refractivity contribution in [3.8, 4) is 5.75 Å². The van der Waals surface area contributed by atoms with Gasteiger partial charge < -0.3 is 25.4 Å². The first kappa shape index (κ1) is 21.3. The Balaban J connectivity index is 1.64. The van der Waals surface area contributed by atoms with Crippen LogP contribution in [0.1, 0.15) is 29.2 Å². The maximum atomic E-state index is 12.5. The van der Waals surface area contributed by atoms with Gasteiger partial charge in [-0.1, -0.05) is 0 Å². The summed E-state index contributed by atoms with van der Waals surface area (Å²) >= 11 is 0. The van der Waals surface area contributed by atoms with Crippen molar-refractivity contribution >= 4 is 11.9 Å². The zero-order valence-corrected chi connectivity index (χ0v) is 15.7. The van der Waals surface area contributed by atoms with E-state index in [1.165, 1.54) is 30.5 Å². The number of aromatic amines is 1. The quantitative estimate of drug-likeness (QED) is 0.391. The van der Waals surface area contributed by atoms with Crippen LogP contribution in [0.4, 0.5) is 0 Å². The molecule has 0 saturated heterocycles. The lowest BCUT2D eigenvalue weighted by Crippen LogP contribution is -2.55. The highest BCUT2D eigenvalue weighted by molar-refractivity contribution is 5.94. The van der Waals surface area contributed by atoms with Gasteiger partial charge in [-0.05, 0) is 37.1 Å². The minimum absolute atomic E-state index is 0.262. The Kier molecular flexibility index (Phi) is 6.33. The van der Waals surface area contributed by atoms with Crippen LogP contribution in [0.2, 0.25) is 0 Å². The molecule has 5 N–H and O–H groups in total. The molecule has 1 fully saturated rings. The van der Waals surface area contributed by atoms with E-state index in [1.54, 1.807) is 0 Å². The Bertz CT molecular complexity index is 1030. The third kappa shape index (κ3) is 4.75. The number of nitrogens with zero attached hydrogens (tertiary/aromatic N) is 1. The molecule has 3 rings (SSSR count). The monoisotopic (exact) mass is 419 g/mol. The molecule has 0 radical (unpaired) electrons. The first-order valence-corrected chi connectivity index (χ1v) is 9.19. The predicted octanol–water partition coefficient (Wildman–Crippen LogP) is -1.14. The Morgan fingerprint density at radius 1 is 1.10 bits per heavy atom. The fourth-order valence-corrected chi connectivity index (χ4v) is 3.41. The second-order valence-electron chi connectivity index (χ2n) is 6.93. The number of carbonyl (C=O) groups excluding carboxylic acids is 1. The van der Waals surface area contributed by atoms with E-state index in [-0.39, 0.29) is 17.7 Å². The standard InChI is InChI=1S/C19H21N3O8/c23-14-7-8-22(19(29)21-14)13-6-5-12(16(26)17(13)27)20-18(28)10-1-3-11(4-2-10)30-9-15(24)25/h1-4,7-8,12-13,16-17,26-27H,5-6,9H2,(H,20,28)(H,24,25)(H,21,23,29)/t12-,13-,16-,17-/m1/s1. The van der Waals surface area contributed by atoms with Crippen molar-refractivity contribution in [2.75, 3.05) is 6.61 Å². The van der Waals surface area contributed by atoms with Crippen molar-refractivity contribution in [3.05, 3.63) is 62.9 Å². The first-order valence-electron chi connectivity index (χ1n) is 9.19. The van der Waals surface area contributed by atoms with Gasteiger partial charge in [0.05, 0.1) is 12.1 Å². The number of aliphatic hydroxyl groups is 2. The molecule has 11 heteroatoms. The Labute approximate surface area is 169 Å². The van der Waals surface area contributed by atoms with E-state index in [4.69, 9.17) is 9.84 Å². The van der Waals surface area contributed by atoms with Gasteiger partial charge in [-0.25, -0.2) is 9.59 Å². The Morgan fingerprint density at radius 3 is 2.43 bits per heavy atom. The number of carboxylic acids is 1. The van der Waals surface area contributed by atoms with Gasteiger partial charge >= 0.3 is 11.7 Å². The maximum Gasteiger partial charge on any atom is 0.341 e. The largest absolute Gasteiger partial charge is 0.482 e. The number of rotatable bonds is 6. The summed E-state index contributed by atoms with van der Waals surface area (Å²) in [6, 6.07) is 5.44. The fourth-order valence-electron chi connectivity index (χ4n) is 3.41. The third-order valence-electron chi connectivity index (χ3n) is 4.93. The second-order valence-corrected chi connectivity index (χ2v) is 6.93. The number of aliphatic carboxylic acids is 1. The summed E-state index contributed by atoms with van der Waals surface area (Å²) in [6.45, 7) is -0.503. The highest BCUT2D eigenvalue weighted by atomic mass is 16.5. The van der Waals surface area contributed by atoms with Crippen molar-refractivity contribution in [3.63, 3.8) is 0 Å². The Morgan fingerprint density at radius 2 is 1.80 bits per heavy atom. The molecule has 1 aromatic carbocycles. The molecule has 160 valence electrons. The van der Waals surface area contributed by atoms with Crippen molar-refractivity contribution in [2.45, 2.75) is 37.1 Å². The van der Waals surface area contributed by atoms with Crippen molar-refractivity contribution in [1.82, 2.24) is 14.9 Å². The molecule has 2 aromatic rings. The van der Waals surface area contributed by atoms with Gasteiger partial charge in [-0.2, -0.15) is 0 Å². The van der Waals surface area contributed by atoms with Crippen LogP contribution in [-0.4, -0.2) is 61.6 Å². The van der Waals surface area contributed by atoms with E-state index < -0.39 is 54.0 Å². The summed E-state index contributed by atoms with van der Waals surface area (Å²) in [5.41, 5.74) is -0.989. The smallest absolute Gasteiger partial charge is 0.341 e. The summed E-state index contributed by atoms with van der Waals surface area (Å²) in [5, 5.41) is 32.2. The van der Waals surface area contributed by atoms with Gasteiger partial charge in [0.15, 0.2) is 6.61 Å². The molecule has 1 saturated carbocycles. The molecule has 0 aliphatic heterocycles. The number of aliphatic hydroxyl groups excluding tert-OH is 2. The third-order valence-corrected chi connectivity index (χ3v) is 4.93. The molecule has 1 aliphatic carbocycles. The number of ether oxygens (including phenoxy) is 1. The second kappa shape index (κ2) is 8.93. The van der Waals surface area contributed by atoms with Gasteiger partial charge in [0.1, 0.15) is 18.0 Å². The minimum atomic E-state index is -1.33. The van der Waals surface area contributed by atoms with E-state index in [0.29, 0.717) is 6.42 Å². The number of hydrogen-bond acceptors (Lipinski definition) is 7. The highest BCUT2D eigenvalue weighted by Crippen LogP contribution is 2.28. The fraction of sp³-hybridized carbons (Fsp3) is 0.368. The van der Waals surface area contributed by atoms with Crippen molar-refractivity contribution in [1.29, 1.82) is 0 Å².